The average Bonchev–Trinajstić information content (AvgIpc) is 2.33. The molecular weight excluding hydrogens is 250 g/mol. The first-order valence-electron chi connectivity index (χ1n) is 6.39. The highest BCUT2D eigenvalue weighted by Gasteiger charge is 2.24. The smallest absolute Gasteiger partial charge is 0.137 e. The van der Waals surface area contributed by atoms with Crippen molar-refractivity contribution < 1.29 is 4.74 Å². The van der Waals surface area contributed by atoms with E-state index in [1.165, 1.54) is 0 Å². The van der Waals surface area contributed by atoms with Gasteiger partial charge in [0.2, 0.25) is 0 Å². The third kappa shape index (κ3) is 2.59. The van der Waals surface area contributed by atoms with Crippen LogP contribution in [0.25, 0.3) is 0 Å². The van der Waals surface area contributed by atoms with Gasteiger partial charge in [-0.2, -0.15) is 0 Å². The van der Waals surface area contributed by atoms with Crippen molar-refractivity contribution in [3.05, 3.63) is 16.5 Å². The molecule has 1 fully saturated rings. The van der Waals surface area contributed by atoms with Gasteiger partial charge in [0.25, 0.3) is 0 Å². The average molecular weight is 270 g/mol. The largest absolute Gasteiger partial charge is 0.377 e. The molecule has 1 aromatic rings. The second-order valence-electron chi connectivity index (χ2n) is 5.09. The molecule has 5 heteroatoms. The van der Waals surface area contributed by atoms with Gasteiger partial charge in [-0.1, -0.05) is 25.4 Å². The lowest BCUT2D eigenvalue weighted by Crippen LogP contribution is -2.44. The molecule has 0 aliphatic carbocycles. The van der Waals surface area contributed by atoms with Crippen molar-refractivity contribution in [2.75, 3.05) is 24.7 Å². The Bertz CT molecular complexity index is 436. The van der Waals surface area contributed by atoms with Crippen LogP contribution in [0.1, 0.15) is 38.1 Å². The molecule has 1 atom stereocenters. The Balaban J connectivity index is 2.41. The lowest BCUT2D eigenvalue weighted by atomic mass is 10.2. The Hall–Kier alpha value is -0.870. The first-order valence-corrected chi connectivity index (χ1v) is 6.77. The summed E-state index contributed by atoms with van der Waals surface area (Å²) >= 11 is 6.22. The third-order valence-electron chi connectivity index (χ3n) is 3.23. The van der Waals surface area contributed by atoms with Crippen LogP contribution >= 0.6 is 11.6 Å². The van der Waals surface area contributed by atoms with E-state index in [-0.39, 0.29) is 5.92 Å². The number of hydrogen-bond donors (Lipinski definition) is 0. The van der Waals surface area contributed by atoms with Crippen LogP contribution in [0.5, 0.6) is 0 Å². The van der Waals surface area contributed by atoms with Gasteiger partial charge in [0.15, 0.2) is 0 Å². The van der Waals surface area contributed by atoms with E-state index < -0.39 is 0 Å². The molecule has 0 spiro atoms. The zero-order chi connectivity index (χ0) is 13.3. The van der Waals surface area contributed by atoms with Crippen molar-refractivity contribution in [1.29, 1.82) is 0 Å². The van der Waals surface area contributed by atoms with Crippen LogP contribution in [0.3, 0.4) is 0 Å². The fourth-order valence-electron chi connectivity index (χ4n) is 2.07. The van der Waals surface area contributed by atoms with E-state index in [4.69, 9.17) is 16.3 Å². The van der Waals surface area contributed by atoms with Gasteiger partial charge in [-0.05, 0) is 13.8 Å². The van der Waals surface area contributed by atoms with Gasteiger partial charge in [-0.25, -0.2) is 9.97 Å². The van der Waals surface area contributed by atoms with Gasteiger partial charge in [-0.15, -0.1) is 0 Å². The Morgan fingerprint density at radius 3 is 2.72 bits per heavy atom. The zero-order valence-electron chi connectivity index (χ0n) is 11.4. The van der Waals surface area contributed by atoms with E-state index >= 15 is 0 Å². The molecule has 0 aromatic carbocycles. The zero-order valence-corrected chi connectivity index (χ0v) is 12.2. The topological polar surface area (TPSA) is 38.2 Å². The summed E-state index contributed by atoms with van der Waals surface area (Å²) in [7, 11) is 0. The predicted molar refractivity (Wildman–Crippen MR) is 73.5 cm³/mol. The first-order chi connectivity index (χ1) is 8.50. The summed E-state index contributed by atoms with van der Waals surface area (Å²) < 4.78 is 5.46. The highest BCUT2D eigenvalue weighted by atomic mass is 35.5. The quantitative estimate of drug-likeness (QED) is 0.774. The Kier molecular flexibility index (Phi) is 4.07. The van der Waals surface area contributed by atoms with E-state index in [0.29, 0.717) is 11.2 Å². The van der Waals surface area contributed by atoms with Crippen LogP contribution < -0.4 is 4.90 Å². The van der Waals surface area contributed by atoms with E-state index in [1.807, 2.05) is 6.92 Å². The molecule has 1 aliphatic rings. The molecule has 2 heterocycles. The SMILES string of the molecule is Cc1c(Cl)nc(C(C)C)nc1N1CCOCC1C. The van der Waals surface area contributed by atoms with E-state index in [2.05, 4.69) is 35.6 Å². The number of aromatic nitrogens is 2. The number of halogens is 1. The summed E-state index contributed by atoms with van der Waals surface area (Å²) in [6, 6.07) is 0.323. The Labute approximate surface area is 113 Å². The molecule has 0 N–H and O–H groups in total. The van der Waals surface area contributed by atoms with Crippen LogP contribution in [0, 0.1) is 6.92 Å². The summed E-state index contributed by atoms with van der Waals surface area (Å²) in [6.45, 7) is 10.6. The molecule has 1 unspecified atom stereocenters. The van der Waals surface area contributed by atoms with Crippen LogP contribution in [-0.4, -0.2) is 35.8 Å². The molecule has 4 nitrogen and oxygen atoms in total. The van der Waals surface area contributed by atoms with Crippen molar-refractivity contribution in [3.8, 4) is 0 Å². The summed E-state index contributed by atoms with van der Waals surface area (Å²) in [4.78, 5) is 11.3. The summed E-state index contributed by atoms with van der Waals surface area (Å²) in [5.74, 6) is 2.03. The van der Waals surface area contributed by atoms with Crippen molar-refractivity contribution in [3.63, 3.8) is 0 Å². The number of hydrogen-bond acceptors (Lipinski definition) is 4. The maximum absolute atomic E-state index is 6.22. The van der Waals surface area contributed by atoms with Crippen LogP contribution in [0.15, 0.2) is 0 Å². The molecule has 1 aliphatic heterocycles. The minimum absolute atomic E-state index is 0.276. The molecule has 18 heavy (non-hydrogen) atoms. The van der Waals surface area contributed by atoms with Crippen LogP contribution in [0.4, 0.5) is 5.82 Å². The number of rotatable bonds is 2. The molecule has 0 saturated carbocycles. The molecule has 1 saturated heterocycles. The minimum atomic E-state index is 0.276. The van der Waals surface area contributed by atoms with Gasteiger partial charge in [0.1, 0.15) is 16.8 Å². The van der Waals surface area contributed by atoms with Crippen molar-refractivity contribution >= 4 is 17.4 Å². The lowest BCUT2D eigenvalue weighted by Gasteiger charge is -2.35. The number of ether oxygens (including phenoxy) is 1. The van der Waals surface area contributed by atoms with Crippen LogP contribution in [-0.2, 0) is 4.74 Å². The fourth-order valence-corrected chi connectivity index (χ4v) is 2.24. The molecule has 0 bridgehead atoms. The number of morpholine rings is 1. The summed E-state index contributed by atoms with van der Waals surface area (Å²) in [5, 5.41) is 0.558. The van der Waals surface area contributed by atoms with Gasteiger partial charge >= 0.3 is 0 Å². The third-order valence-corrected chi connectivity index (χ3v) is 3.60. The molecule has 100 valence electrons. The fraction of sp³-hybridized carbons (Fsp3) is 0.692. The maximum Gasteiger partial charge on any atom is 0.137 e. The molecule has 0 radical (unpaired) electrons. The Morgan fingerprint density at radius 1 is 1.39 bits per heavy atom. The number of nitrogens with zero attached hydrogens (tertiary/aromatic N) is 3. The normalized spacial score (nSPS) is 20.6. The predicted octanol–water partition coefficient (Wildman–Crippen LogP) is 2.79. The lowest BCUT2D eigenvalue weighted by molar-refractivity contribution is 0.0984. The molecular formula is C13H20ClN3O. The molecule has 0 amide bonds. The maximum atomic E-state index is 6.22. The van der Waals surface area contributed by atoms with E-state index in [9.17, 15) is 0 Å². The van der Waals surface area contributed by atoms with Gasteiger partial charge in [0.05, 0.1) is 19.3 Å². The summed E-state index contributed by atoms with van der Waals surface area (Å²) in [5.41, 5.74) is 0.954. The van der Waals surface area contributed by atoms with Crippen molar-refractivity contribution in [2.24, 2.45) is 0 Å². The van der Waals surface area contributed by atoms with Gasteiger partial charge in [-0.3, -0.25) is 0 Å². The van der Waals surface area contributed by atoms with E-state index in [0.717, 1.165) is 37.0 Å². The first kappa shape index (κ1) is 13.6. The second-order valence-corrected chi connectivity index (χ2v) is 5.45. The van der Waals surface area contributed by atoms with Crippen molar-refractivity contribution in [2.45, 2.75) is 39.7 Å². The van der Waals surface area contributed by atoms with Gasteiger partial charge < -0.3 is 9.64 Å². The highest BCUT2D eigenvalue weighted by molar-refractivity contribution is 6.30. The molecule has 1 aromatic heterocycles. The second kappa shape index (κ2) is 5.41. The van der Waals surface area contributed by atoms with E-state index in [1.54, 1.807) is 0 Å². The minimum Gasteiger partial charge on any atom is -0.377 e. The van der Waals surface area contributed by atoms with Crippen molar-refractivity contribution in [1.82, 2.24) is 9.97 Å². The monoisotopic (exact) mass is 269 g/mol. The number of anilines is 1. The van der Waals surface area contributed by atoms with Crippen LogP contribution in [0.2, 0.25) is 5.15 Å². The summed E-state index contributed by atoms with van der Waals surface area (Å²) in [6.07, 6.45) is 0. The Morgan fingerprint density at radius 2 is 2.11 bits per heavy atom. The standard InChI is InChI=1S/C13H20ClN3O/c1-8(2)12-15-11(14)10(4)13(16-12)17-5-6-18-7-9(17)3/h8-9H,5-7H2,1-4H3. The molecule has 2 rings (SSSR count). The van der Waals surface area contributed by atoms with Gasteiger partial charge in [0, 0.05) is 18.0 Å². The highest BCUT2D eigenvalue weighted by Crippen LogP contribution is 2.27.